The molecule has 26 heavy (non-hydrogen) atoms. The van der Waals surface area contributed by atoms with Crippen LogP contribution in [0.25, 0.3) is 0 Å². The average Bonchev–Trinajstić information content (AvgIpc) is 2.58. The number of nitrogens with one attached hydrogen (secondary N) is 2. The number of hydrogen-bond donors (Lipinski definition) is 2. The molecule has 0 heterocycles. The first-order valence-electron chi connectivity index (χ1n) is 8.09. The third-order valence-electron chi connectivity index (χ3n) is 3.51. The lowest BCUT2D eigenvalue weighted by molar-refractivity contribution is -0.122. The fourth-order valence-electron chi connectivity index (χ4n) is 1.98. The van der Waals surface area contributed by atoms with Gasteiger partial charge in [-0.2, -0.15) is 0 Å². The Morgan fingerprint density at radius 1 is 0.962 bits per heavy atom. The van der Waals surface area contributed by atoms with Crippen LogP contribution >= 0.6 is 27.5 Å². The van der Waals surface area contributed by atoms with Gasteiger partial charge in [0.2, 0.25) is 5.91 Å². The lowest BCUT2D eigenvalue weighted by atomic mass is 10.2. The molecule has 0 aromatic heterocycles. The number of carbonyl (C=O) groups is 2. The first kappa shape index (κ1) is 20.3. The van der Waals surface area contributed by atoms with E-state index in [1.165, 1.54) is 0 Å². The number of ether oxygens (including phenoxy) is 1. The van der Waals surface area contributed by atoms with Crippen molar-refractivity contribution in [2.24, 2.45) is 5.92 Å². The summed E-state index contributed by atoms with van der Waals surface area (Å²) in [5.41, 5.74) is 1.29. The van der Waals surface area contributed by atoms with E-state index in [0.29, 0.717) is 26.6 Å². The zero-order chi connectivity index (χ0) is 19.3. The van der Waals surface area contributed by atoms with Crippen molar-refractivity contribution < 1.29 is 14.3 Å². The van der Waals surface area contributed by atoms with Crippen molar-refractivity contribution in [1.29, 1.82) is 0 Å². The van der Waals surface area contributed by atoms with E-state index >= 15 is 0 Å². The first-order valence-corrected chi connectivity index (χ1v) is 9.27. The van der Waals surface area contributed by atoms with Gasteiger partial charge >= 0.3 is 0 Å². The van der Waals surface area contributed by atoms with Crippen LogP contribution in [0.15, 0.2) is 46.9 Å². The van der Waals surface area contributed by atoms with Crippen molar-refractivity contribution in [1.82, 2.24) is 0 Å². The van der Waals surface area contributed by atoms with Crippen LogP contribution < -0.4 is 15.4 Å². The summed E-state index contributed by atoms with van der Waals surface area (Å²) >= 11 is 9.25. The summed E-state index contributed by atoms with van der Waals surface area (Å²) < 4.78 is 6.34. The lowest BCUT2D eigenvalue weighted by Crippen LogP contribution is -2.30. The van der Waals surface area contributed by atoms with Gasteiger partial charge in [-0.25, -0.2) is 0 Å². The van der Waals surface area contributed by atoms with Gasteiger partial charge in [0.05, 0.1) is 4.47 Å². The second-order valence-corrected chi connectivity index (χ2v) is 7.34. The molecular formula is C19H20BrClN2O3. The third kappa shape index (κ3) is 5.75. The van der Waals surface area contributed by atoms with Gasteiger partial charge in [0.1, 0.15) is 5.75 Å². The molecule has 2 aromatic carbocycles. The van der Waals surface area contributed by atoms with E-state index in [1.54, 1.807) is 49.4 Å². The number of amides is 2. The second-order valence-electron chi connectivity index (χ2n) is 6.05. The van der Waals surface area contributed by atoms with Crippen LogP contribution in [0, 0.1) is 5.92 Å². The van der Waals surface area contributed by atoms with Crippen molar-refractivity contribution in [3.8, 4) is 5.75 Å². The van der Waals surface area contributed by atoms with Crippen molar-refractivity contribution >= 4 is 50.7 Å². The molecular weight excluding hydrogens is 420 g/mol. The van der Waals surface area contributed by atoms with E-state index in [-0.39, 0.29) is 17.7 Å². The highest BCUT2D eigenvalue weighted by molar-refractivity contribution is 9.10. The lowest BCUT2D eigenvalue weighted by Gasteiger charge is -2.16. The maximum absolute atomic E-state index is 12.3. The van der Waals surface area contributed by atoms with Gasteiger partial charge < -0.3 is 15.4 Å². The van der Waals surface area contributed by atoms with Crippen LogP contribution in [-0.2, 0) is 9.59 Å². The standard InChI is InChI=1S/C19H20BrClN2O3/c1-11(2)18(24)22-14-5-7-15(8-6-14)23-19(25)12(3)26-17-9-4-13(21)10-16(17)20/h4-12H,1-3H3,(H,22,24)(H,23,25). The minimum absolute atomic E-state index is 0.0580. The Hall–Kier alpha value is -2.05. The highest BCUT2D eigenvalue weighted by atomic mass is 79.9. The van der Waals surface area contributed by atoms with Gasteiger partial charge in [0, 0.05) is 22.3 Å². The number of rotatable bonds is 6. The fourth-order valence-corrected chi connectivity index (χ4v) is 2.76. The van der Waals surface area contributed by atoms with E-state index < -0.39 is 6.10 Å². The highest BCUT2D eigenvalue weighted by Gasteiger charge is 2.16. The predicted molar refractivity (Wildman–Crippen MR) is 108 cm³/mol. The molecule has 0 aliphatic rings. The zero-order valence-electron chi connectivity index (χ0n) is 14.7. The minimum atomic E-state index is -0.701. The van der Waals surface area contributed by atoms with Crippen LogP contribution in [0.2, 0.25) is 5.02 Å². The third-order valence-corrected chi connectivity index (χ3v) is 4.37. The van der Waals surface area contributed by atoms with E-state index in [1.807, 2.05) is 13.8 Å². The van der Waals surface area contributed by atoms with Crippen LogP contribution in [-0.4, -0.2) is 17.9 Å². The Morgan fingerprint density at radius 3 is 2.00 bits per heavy atom. The monoisotopic (exact) mass is 438 g/mol. The summed E-state index contributed by atoms with van der Waals surface area (Å²) in [7, 11) is 0. The van der Waals surface area contributed by atoms with Gasteiger partial charge in [-0.15, -0.1) is 0 Å². The molecule has 2 amide bonds. The van der Waals surface area contributed by atoms with Crippen LogP contribution in [0.1, 0.15) is 20.8 Å². The summed E-state index contributed by atoms with van der Waals surface area (Å²) in [6.07, 6.45) is -0.701. The van der Waals surface area contributed by atoms with Crippen molar-refractivity contribution in [2.45, 2.75) is 26.9 Å². The van der Waals surface area contributed by atoms with Gasteiger partial charge in [-0.3, -0.25) is 9.59 Å². The number of anilines is 2. The molecule has 2 N–H and O–H groups in total. The summed E-state index contributed by atoms with van der Waals surface area (Å²) in [6, 6.07) is 12.0. The zero-order valence-corrected chi connectivity index (χ0v) is 17.0. The topological polar surface area (TPSA) is 67.4 Å². The Balaban J connectivity index is 1.95. The quantitative estimate of drug-likeness (QED) is 0.658. The molecule has 0 bridgehead atoms. The van der Waals surface area contributed by atoms with Crippen LogP contribution in [0.3, 0.4) is 0 Å². The van der Waals surface area contributed by atoms with E-state index in [2.05, 4.69) is 26.6 Å². The number of halogens is 2. The normalized spacial score (nSPS) is 11.8. The average molecular weight is 440 g/mol. The van der Waals surface area contributed by atoms with Gasteiger partial charge in [-0.05, 0) is 65.3 Å². The molecule has 0 aliphatic carbocycles. The molecule has 0 saturated carbocycles. The molecule has 1 unspecified atom stereocenters. The van der Waals surface area contributed by atoms with E-state index in [0.717, 1.165) is 0 Å². The smallest absolute Gasteiger partial charge is 0.265 e. The second kappa shape index (κ2) is 9.05. The van der Waals surface area contributed by atoms with Gasteiger partial charge in [0.25, 0.3) is 5.91 Å². The molecule has 0 saturated heterocycles. The number of hydrogen-bond acceptors (Lipinski definition) is 3. The maximum Gasteiger partial charge on any atom is 0.265 e. The molecule has 0 aliphatic heterocycles. The molecule has 2 rings (SSSR count). The highest BCUT2D eigenvalue weighted by Crippen LogP contribution is 2.29. The summed E-state index contributed by atoms with van der Waals surface area (Å²) in [5, 5.41) is 6.15. The Labute approximate surface area is 166 Å². The molecule has 1 atom stereocenters. The van der Waals surface area contributed by atoms with Crippen molar-refractivity contribution in [3.63, 3.8) is 0 Å². The van der Waals surface area contributed by atoms with Crippen LogP contribution in [0.5, 0.6) is 5.75 Å². The largest absolute Gasteiger partial charge is 0.480 e. The summed E-state index contributed by atoms with van der Waals surface area (Å²) in [5.74, 6) is 0.0894. The number of carbonyl (C=O) groups excluding carboxylic acids is 2. The molecule has 2 aromatic rings. The maximum atomic E-state index is 12.3. The Bertz CT molecular complexity index is 794. The Morgan fingerprint density at radius 2 is 1.50 bits per heavy atom. The molecule has 0 spiro atoms. The SMILES string of the molecule is CC(C)C(=O)Nc1ccc(NC(=O)C(C)Oc2ccc(Cl)cc2Br)cc1. The first-order chi connectivity index (χ1) is 12.3. The fraction of sp³-hybridized carbons (Fsp3) is 0.263. The van der Waals surface area contributed by atoms with Crippen molar-refractivity contribution in [3.05, 3.63) is 52.0 Å². The molecule has 5 nitrogen and oxygen atoms in total. The molecule has 138 valence electrons. The predicted octanol–water partition coefficient (Wildman–Crippen LogP) is 5.10. The van der Waals surface area contributed by atoms with Gasteiger partial charge in [0.15, 0.2) is 6.10 Å². The molecule has 7 heteroatoms. The molecule has 0 fully saturated rings. The van der Waals surface area contributed by atoms with E-state index in [9.17, 15) is 9.59 Å². The van der Waals surface area contributed by atoms with Crippen LogP contribution in [0.4, 0.5) is 11.4 Å². The van der Waals surface area contributed by atoms with Crippen molar-refractivity contribution in [2.75, 3.05) is 10.6 Å². The summed E-state index contributed by atoms with van der Waals surface area (Å²) in [4.78, 5) is 24.0. The van der Waals surface area contributed by atoms with Gasteiger partial charge in [-0.1, -0.05) is 25.4 Å². The number of benzene rings is 2. The Kier molecular flexibility index (Phi) is 7.06. The minimum Gasteiger partial charge on any atom is -0.480 e. The van der Waals surface area contributed by atoms with E-state index in [4.69, 9.17) is 16.3 Å². The summed E-state index contributed by atoms with van der Waals surface area (Å²) in [6.45, 7) is 5.31. The molecule has 0 radical (unpaired) electrons.